The predicted molar refractivity (Wildman–Crippen MR) is 100 cm³/mol. The number of thiazole rings is 1. The average molecular weight is 353 g/mol. The molecule has 3 rings (SSSR count). The van der Waals surface area contributed by atoms with Gasteiger partial charge in [0.05, 0.1) is 18.3 Å². The maximum Gasteiger partial charge on any atom is 0.170 e. The maximum atomic E-state index is 12.7. The van der Waals surface area contributed by atoms with E-state index < -0.39 is 5.92 Å². The van der Waals surface area contributed by atoms with Gasteiger partial charge in [0.25, 0.3) is 0 Å². The van der Waals surface area contributed by atoms with Gasteiger partial charge in [-0.15, -0.1) is 11.3 Å². The molecule has 0 saturated heterocycles. The smallest absolute Gasteiger partial charge is 0.170 e. The van der Waals surface area contributed by atoms with E-state index in [-0.39, 0.29) is 5.78 Å². The molecule has 1 aromatic carbocycles. The predicted octanol–water partition coefficient (Wildman–Crippen LogP) is 4.25. The molecular weight excluding hydrogens is 330 g/mol. The summed E-state index contributed by atoms with van der Waals surface area (Å²) in [5.74, 6) is -0.821. The number of rotatable bonds is 6. The van der Waals surface area contributed by atoms with Crippen LogP contribution in [0.4, 0.5) is 0 Å². The number of hydrogen-bond acceptors (Lipinski definition) is 5. The minimum atomic E-state index is -0.770. The number of likely N-dealkylation sites (N-methyl/N-ethyl adjacent to an activating group) is 1. The zero-order valence-electron chi connectivity index (χ0n) is 14.5. The van der Waals surface area contributed by atoms with Gasteiger partial charge in [0.1, 0.15) is 5.01 Å². The molecule has 1 aromatic heterocycles. The highest BCUT2D eigenvalue weighted by molar-refractivity contribution is 7.10. The molecule has 1 heterocycles. The van der Waals surface area contributed by atoms with Gasteiger partial charge in [0, 0.05) is 17.0 Å². The largest absolute Gasteiger partial charge is 0.296 e. The van der Waals surface area contributed by atoms with Gasteiger partial charge in [-0.25, -0.2) is 4.98 Å². The second kappa shape index (κ2) is 8.37. The van der Waals surface area contributed by atoms with E-state index in [4.69, 9.17) is 0 Å². The van der Waals surface area contributed by atoms with Crippen molar-refractivity contribution >= 4 is 17.1 Å². The fourth-order valence-corrected chi connectivity index (χ4v) is 4.31. The van der Waals surface area contributed by atoms with Crippen molar-refractivity contribution in [2.24, 2.45) is 0 Å². The molecule has 0 spiro atoms. The molecule has 0 unspecified atom stereocenters. The number of nitriles is 1. The number of nitrogens with zero attached hydrogens (tertiary/aromatic N) is 3. The molecule has 0 aliphatic heterocycles. The Morgan fingerprint density at radius 2 is 2.04 bits per heavy atom. The van der Waals surface area contributed by atoms with E-state index in [1.165, 1.54) is 30.6 Å². The van der Waals surface area contributed by atoms with Crippen LogP contribution in [0.2, 0.25) is 0 Å². The number of hydrogen-bond donors (Lipinski definition) is 0. The van der Waals surface area contributed by atoms with Crippen molar-refractivity contribution in [3.8, 4) is 17.3 Å². The van der Waals surface area contributed by atoms with E-state index in [9.17, 15) is 10.1 Å². The molecule has 5 heteroatoms. The number of aromatic nitrogens is 1. The Morgan fingerprint density at radius 1 is 1.32 bits per heavy atom. The van der Waals surface area contributed by atoms with Crippen LogP contribution >= 0.6 is 11.3 Å². The highest BCUT2D eigenvalue weighted by Crippen LogP contribution is 2.28. The van der Waals surface area contributed by atoms with Crippen LogP contribution < -0.4 is 0 Å². The van der Waals surface area contributed by atoms with E-state index in [0.29, 0.717) is 17.6 Å². The van der Waals surface area contributed by atoms with Gasteiger partial charge in [-0.1, -0.05) is 49.6 Å². The molecule has 2 aromatic rings. The Hall–Kier alpha value is -2.03. The molecule has 1 fully saturated rings. The maximum absolute atomic E-state index is 12.7. The number of carbonyl (C=O) groups is 1. The number of carbonyl (C=O) groups excluding carboxylic acids is 1. The van der Waals surface area contributed by atoms with Gasteiger partial charge in [-0.05, 0) is 19.9 Å². The van der Waals surface area contributed by atoms with Crippen molar-refractivity contribution < 1.29 is 4.79 Å². The first-order chi connectivity index (χ1) is 12.2. The Labute approximate surface area is 153 Å². The van der Waals surface area contributed by atoms with E-state index in [2.05, 4.69) is 16.0 Å². The first kappa shape index (κ1) is 17.8. The summed E-state index contributed by atoms with van der Waals surface area (Å²) in [5, 5.41) is 12.1. The van der Waals surface area contributed by atoms with Crippen LogP contribution in [0.1, 0.15) is 43.0 Å². The van der Waals surface area contributed by atoms with Crippen LogP contribution in [0.3, 0.4) is 0 Å². The average Bonchev–Trinajstić information content (AvgIpc) is 3.13. The van der Waals surface area contributed by atoms with E-state index in [1.54, 1.807) is 0 Å². The topological polar surface area (TPSA) is 57.0 Å². The zero-order valence-corrected chi connectivity index (χ0v) is 15.3. The van der Waals surface area contributed by atoms with Gasteiger partial charge < -0.3 is 0 Å². The van der Waals surface area contributed by atoms with E-state index in [1.807, 2.05) is 42.8 Å². The highest BCUT2D eigenvalue weighted by atomic mass is 32.1. The van der Waals surface area contributed by atoms with Gasteiger partial charge >= 0.3 is 0 Å². The lowest BCUT2D eigenvalue weighted by molar-refractivity contribution is -0.120. The van der Waals surface area contributed by atoms with Crippen molar-refractivity contribution in [2.45, 2.75) is 44.1 Å². The van der Waals surface area contributed by atoms with Crippen molar-refractivity contribution in [1.29, 1.82) is 5.26 Å². The molecular formula is C20H23N3OS. The summed E-state index contributed by atoms with van der Waals surface area (Å²) in [5.41, 5.74) is 1.84. The number of ketones is 1. The second-order valence-corrected chi connectivity index (χ2v) is 7.56. The normalized spacial score (nSPS) is 16.5. The van der Waals surface area contributed by atoms with E-state index >= 15 is 0 Å². The summed E-state index contributed by atoms with van der Waals surface area (Å²) in [4.78, 5) is 19.3. The fourth-order valence-electron chi connectivity index (χ4n) is 3.41. The van der Waals surface area contributed by atoms with Crippen LogP contribution in [0.25, 0.3) is 11.3 Å². The second-order valence-electron chi connectivity index (χ2n) is 6.67. The third-order valence-corrected chi connectivity index (χ3v) is 5.80. The molecule has 0 amide bonds. The standard InChI is InChI=1S/C20H23N3OS/c1-23(16-10-6-3-7-11-16)13-19(24)17(12-21)20-22-18(14-25-20)15-8-4-2-5-9-15/h2,4-5,8-9,14,16-17H,3,6-7,10-11,13H2,1H3/t17-/m0/s1. The first-order valence-corrected chi connectivity index (χ1v) is 9.70. The molecule has 0 radical (unpaired) electrons. The quantitative estimate of drug-likeness (QED) is 0.779. The molecule has 1 aliphatic carbocycles. The minimum absolute atomic E-state index is 0.0514. The lowest BCUT2D eigenvalue weighted by Gasteiger charge is -2.30. The monoisotopic (exact) mass is 353 g/mol. The molecule has 1 atom stereocenters. The fraction of sp³-hybridized carbons (Fsp3) is 0.450. The van der Waals surface area contributed by atoms with E-state index in [0.717, 1.165) is 24.1 Å². The van der Waals surface area contributed by atoms with Crippen molar-refractivity contribution in [3.63, 3.8) is 0 Å². The lowest BCUT2D eigenvalue weighted by Crippen LogP contribution is -2.38. The molecule has 0 N–H and O–H groups in total. The summed E-state index contributed by atoms with van der Waals surface area (Å²) < 4.78 is 0. The minimum Gasteiger partial charge on any atom is -0.296 e. The SMILES string of the molecule is CN(CC(=O)[C@H](C#N)c1nc(-c2ccccc2)cs1)C1CCCCC1. The Kier molecular flexibility index (Phi) is 5.95. The molecule has 1 saturated carbocycles. The Morgan fingerprint density at radius 3 is 2.72 bits per heavy atom. The lowest BCUT2D eigenvalue weighted by atomic mass is 9.94. The van der Waals surface area contributed by atoms with Gasteiger partial charge in [0.15, 0.2) is 11.7 Å². The Bertz CT molecular complexity index is 744. The first-order valence-electron chi connectivity index (χ1n) is 8.82. The Balaban J connectivity index is 1.68. The van der Waals surface area contributed by atoms with Gasteiger partial charge in [0.2, 0.25) is 0 Å². The van der Waals surface area contributed by atoms with Crippen LogP contribution in [-0.2, 0) is 4.79 Å². The van der Waals surface area contributed by atoms with Gasteiger partial charge in [-0.3, -0.25) is 9.69 Å². The summed E-state index contributed by atoms with van der Waals surface area (Å²) in [7, 11) is 2.00. The van der Waals surface area contributed by atoms with Crippen molar-refractivity contribution in [3.05, 3.63) is 40.7 Å². The highest BCUT2D eigenvalue weighted by Gasteiger charge is 2.27. The van der Waals surface area contributed by atoms with Crippen LogP contribution in [0.15, 0.2) is 35.7 Å². The van der Waals surface area contributed by atoms with Crippen LogP contribution in [0, 0.1) is 11.3 Å². The molecule has 4 nitrogen and oxygen atoms in total. The molecule has 25 heavy (non-hydrogen) atoms. The summed E-state index contributed by atoms with van der Waals surface area (Å²) >= 11 is 1.40. The molecule has 1 aliphatic rings. The van der Waals surface area contributed by atoms with Crippen molar-refractivity contribution in [2.75, 3.05) is 13.6 Å². The zero-order chi connectivity index (χ0) is 17.6. The third-order valence-electron chi connectivity index (χ3n) is 4.89. The summed E-state index contributed by atoms with van der Waals surface area (Å²) in [6, 6.07) is 12.5. The number of Topliss-reactive ketones (excluding diaryl/α,β-unsaturated/α-hetero) is 1. The number of benzene rings is 1. The van der Waals surface area contributed by atoms with Crippen LogP contribution in [-0.4, -0.2) is 35.3 Å². The summed E-state index contributed by atoms with van der Waals surface area (Å²) in [6.07, 6.45) is 6.06. The van der Waals surface area contributed by atoms with Gasteiger partial charge in [-0.2, -0.15) is 5.26 Å². The van der Waals surface area contributed by atoms with Crippen molar-refractivity contribution in [1.82, 2.24) is 9.88 Å². The summed E-state index contributed by atoms with van der Waals surface area (Å²) in [6.45, 7) is 0.323. The third kappa shape index (κ3) is 4.33. The molecule has 130 valence electrons. The molecule has 0 bridgehead atoms. The van der Waals surface area contributed by atoms with Crippen LogP contribution in [0.5, 0.6) is 0 Å².